The molecule has 9 nitrogen and oxygen atoms in total. The molecular formula is C25H31N5O4. The third-order valence-electron chi connectivity index (χ3n) is 7.00. The molecule has 0 bridgehead atoms. The molecule has 2 saturated heterocycles. The number of anilines is 3. The van der Waals surface area contributed by atoms with Gasteiger partial charge in [-0.3, -0.25) is 19.7 Å². The minimum atomic E-state index is -0.401. The van der Waals surface area contributed by atoms with Crippen molar-refractivity contribution >= 4 is 34.6 Å². The maximum atomic E-state index is 12.8. The molecule has 4 rings (SSSR count). The van der Waals surface area contributed by atoms with Crippen LogP contribution in [0.5, 0.6) is 0 Å². The van der Waals surface area contributed by atoms with E-state index in [1.807, 2.05) is 36.2 Å². The molecule has 1 unspecified atom stereocenters. The van der Waals surface area contributed by atoms with Gasteiger partial charge in [0.15, 0.2) is 0 Å². The lowest BCUT2D eigenvalue weighted by atomic mass is 9.95. The Balaban J connectivity index is 1.27. The number of hydrogen-bond donors (Lipinski definition) is 1. The fraction of sp³-hybridized carbons (Fsp3) is 0.440. The van der Waals surface area contributed by atoms with Crippen LogP contribution in [0.4, 0.5) is 22.7 Å². The first-order chi connectivity index (χ1) is 16.3. The Kier molecular flexibility index (Phi) is 7.00. The lowest BCUT2D eigenvalue weighted by Gasteiger charge is -2.33. The van der Waals surface area contributed by atoms with Gasteiger partial charge in [0.05, 0.1) is 11.0 Å². The Morgan fingerprint density at radius 3 is 2.09 bits per heavy atom. The molecule has 0 spiro atoms. The number of nitrogens with zero attached hydrogens (tertiary/aromatic N) is 4. The molecule has 2 aromatic carbocycles. The molecule has 2 aliphatic rings. The monoisotopic (exact) mass is 465 g/mol. The molecule has 2 fully saturated rings. The Morgan fingerprint density at radius 2 is 1.50 bits per heavy atom. The third kappa shape index (κ3) is 5.30. The van der Waals surface area contributed by atoms with E-state index in [2.05, 4.69) is 15.1 Å². The largest absolute Gasteiger partial charge is 0.371 e. The quantitative estimate of drug-likeness (QED) is 0.518. The van der Waals surface area contributed by atoms with Crippen molar-refractivity contribution in [3.63, 3.8) is 0 Å². The van der Waals surface area contributed by atoms with Gasteiger partial charge in [-0.05, 0) is 55.7 Å². The van der Waals surface area contributed by atoms with Crippen molar-refractivity contribution in [2.45, 2.75) is 32.2 Å². The lowest BCUT2D eigenvalue weighted by molar-refractivity contribution is -0.384. The molecule has 180 valence electrons. The second-order valence-corrected chi connectivity index (χ2v) is 9.09. The van der Waals surface area contributed by atoms with Gasteiger partial charge >= 0.3 is 0 Å². The maximum absolute atomic E-state index is 12.8. The predicted octanol–water partition coefficient (Wildman–Crippen LogP) is 3.51. The highest BCUT2D eigenvalue weighted by molar-refractivity contribution is 5.93. The molecule has 2 aromatic rings. The van der Waals surface area contributed by atoms with Crippen LogP contribution in [-0.2, 0) is 9.59 Å². The van der Waals surface area contributed by atoms with Crippen LogP contribution in [0.2, 0.25) is 0 Å². The van der Waals surface area contributed by atoms with E-state index in [9.17, 15) is 19.7 Å². The second kappa shape index (κ2) is 10.1. The van der Waals surface area contributed by atoms with Crippen molar-refractivity contribution < 1.29 is 14.5 Å². The molecule has 9 heteroatoms. The third-order valence-corrected chi connectivity index (χ3v) is 7.00. The topological polar surface area (TPSA) is 99.0 Å². The Bertz CT molecular complexity index is 1030. The molecule has 1 N–H and O–H groups in total. The maximum Gasteiger partial charge on any atom is 0.269 e. The molecule has 2 aliphatic heterocycles. The van der Waals surface area contributed by atoms with Crippen molar-refractivity contribution in [1.29, 1.82) is 0 Å². The zero-order valence-electron chi connectivity index (χ0n) is 19.6. The van der Waals surface area contributed by atoms with Crippen LogP contribution < -0.4 is 15.1 Å². The summed E-state index contributed by atoms with van der Waals surface area (Å²) in [6, 6.07) is 14.7. The van der Waals surface area contributed by atoms with Gasteiger partial charge in [0, 0.05) is 75.3 Å². The number of nitrogens with one attached hydrogen (secondary N) is 1. The van der Waals surface area contributed by atoms with Crippen LogP contribution in [0.15, 0.2) is 48.5 Å². The van der Waals surface area contributed by atoms with Crippen molar-refractivity contribution in [2.75, 3.05) is 48.3 Å². The van der Waals surface area contributed by atoms with Gasteiger partial charge in [-0.1, -0.05) is 0 Å². The zero-order chi connectivity index (χ0) is 24.2. The van der Waals surface area contributed by atoms with E-state index in [0.717, 1.165) is 62.5 Å². The summed E-state index contributed by atoms with van der Waals surface area (Å²) in [6.07, 6.45) is 2.42. The molecule has 0 saturated carbocycles. The van der Waals surface area contributed by atoms with Crippen LogP contribution >= 0.6 is 0 Å². The number of carbonyl (C=O) groups is 2. The van der Waals surface area contributed by atoms with E-state index in [0.29, 0.717) is 0 Å². The van der Waals surface area contributed by atoms with Gasteiger partial charge in [0.2, 0.25) is 11.8 Å². The minimum Gasteiger partial charge on any atom is -0.371 e. The number of benzene rings is 2. The molecule has 1 atom stereocenters. The van der Waals surface area contributed by atoms with Crippen LogP contribution in [0.3, 0.4) is 0 Å². The summed E-state index contributed by atoms with van der Waals surface area (Å²) >= 11 is 0. The number of non-ortho nitro benzene ring substituents is 1. The summed E-state index contributed by atoms with van der Waals surface area (Å²) in [4.78, 5) is 41.1. The van der Waals surface area contributed by atoms with Gasteiger partial charge < -0.3 is 20.0 Å². The highest BCUT2D eigenvalue weighted by Gasteiger charge is 2.28. The molecule has 0 radical (unpaired) electrons. The van der Waals surface area contributed by atoms with Crippen LogP contribution in [-0.4, -0.2) is 60.9 Å². The van der Waals surface area contributed by atoms with E-state index < -0.39 is 4.92 Å². The van der Waals surface area contributed by atoms with Crippen molar-refractivity contribution in [2.24, 2.45) is 5.92 Å². The average molecular weight is 466 g/mol. The molecule has 0 aliphatic carbocycles. The van der Waals surface area contributed by atoms with E-state index in [4.69, 9.17) is 0 Å². The molecule has 2 amide bonds. The normalized spacial score (nSPS) is 18.6. The summed E-state index contributed by atoms with van der Waals surface area (Å²) in [6.45, 7) is 4.79. The summed E-state index contributed by atoms with van der Waals surface area (Å²) in [5.41, 5.74) is 2.90. The Hall–Kier alpha value is -3.62. The van der Waals surface area contributed by atoms with Crippen LogP contribution in [0, 0.1) is 16.0 Å². The number of nitro benzene ring substituents is 1. The first-order valence-electron chi connectivity index (χ1n) is 11.7. The number of amides is 2. The fourth-order valence-corrected chi connectivity index (χ4v) is 4.73. The summed E-state index contributed by atoms with van der Waals surface area (Å²) in [5, 5.41) is 13.9. The van der Waals surface area contributed by atoms with Crippen LogP contribution in [0.25, 0.3) is 0 Å². The molecule has 2 heterocycles. The van der Waals surface area contributed by atoms with Gasteiger partial charge in [0.1, 0.15) is 0 Å². The molecule has 34 heavy (non-hydrogen) atoms. The molecule has 0 aromatic heterocycles. The second-order valence-electron chi connectivity index (χ2n) is 9.09. The van der Waals surface area contributed by atoms with Crippen molar-refractivity contribution in [3.8, 4) is 0 Å². The standard InChI is InChI=1S/C25H31N5O4/c1-18(31)27(2)24-13-16-29(17-24)22-5-3-20(4-6-22)26-25(32)19-11-14-28(15-12-19)21-7-9-23(10-8-21)30(33)34/h3-10,19,24H,11-17H2,1-2H3,(H,26,32). The highest BCUT2D eigenvalue weighted by atomic mass is 16.6. The Morgan fingerprint density at radius 1 is 0.941 bits per heavy atom. The van der Waals surface area contributed by atoms with Gasteiger partial charge in [-0.15, -0.1) is 0 Å². The Labute approximate surface area is 199 Å². The van der Waals surface area contributed by atoms with Crippen molar-refractivity contribution in [1.82, 2.24) is 4.90 Å². The predicted molar refractivity (Wildman–Crippen MR) is 132 cm³/mol. The van der Waals surface area contributed by atoms with E-state index in [1.54, 1.807) is 19.1 Å². The minimum absolute atomic E-state index is 0.0282. The number of nitro groups is 1. The fourth-order valence-electron chi connectivity index (χ4n) is 4.73. The number of likely N-dealkylation sites (N-methyl/N-ethyl adjacent to an activating group) is 1. The van der Waals surface area contributed by atoms with E-state index >= 15 is 0 Å². The smallest absolute Gasteiger partial charge is 0.269 e. The van der Waals surface area contributed by atoms with E-state index in [1.165, 1.54) is 12.1 Å². The highest BCUT2D eigenvalue weighted by Crippen LogP contribution is 2.27. The summed E-state index contributed by atoms with van der Waals surface area (Å²) in [7, 11) is 1.85. The number of carbonyl (C=O) groups excluding carboxylic acids is 2. The SMILES string of the molecule is CC(=O)N(C)C1CCN(c2ccc(NC(=O)C3CCN(c4ccc([N+](=O)[O-])cc4)CC3)cc2)C1. The van der Waals surface area contributed by atoms with E-state index in [-0.39, 0.29) is 29.5 Å². The van der Waals surface area contributed by atoms with Gasteiger partial charge in [0.25, 0.3) is 5.69 Å². The van der Waals surface area contributed by atoms with Gasteiger partial charge in [-0.2, -0.15) is 0 Å². The van der Waals surface area contributed by atoms with Crippen LogP contribution in [0.1, 0.15) is 26.2 Å². The number of piperidine rings is 1. The zero-order valence-corrected chi connectivity index (χ0v) is 19.6. The number of hydrogen-bond acceptors (Lipinski definition) is 6. The summed E-state index contributed by atoms with van der Waals surface area (Å²) < 4.78 is 0. The summed E-state index contributed by atoms with van der Waals surface area (Å²) in [5.74, 6) is 0.0549. The average Bonchev–Trinajstić information content (AvgIpc) is 3.34. The first-order valence-corrected chi connectivity index (χ1v) is 11.7. The van der Waals surface area contributed by atoms with Crippen molar-refractivity contribution in [3.05, 3.63) is 58.6 Å². The number of rotatable bonds is 6. The lowest BCUT2D eigenvalue weighted by Crippen LogP contribution is -2.38. The molecular weight excluding hydrogens is 434 g/mol. The van der Waals surface area contributed by atoms with Gasteiger partial charge in [-0.25, -0.2) is 0 Å². The first kappa shape index (κ1) is 23.5.